The molecule has 112 valence electrons. The van der Waals surface area contributed by atoms with Crippen molar-refractivity contribution in [3.8, 4) is 0 Å². The van der Waals surface area contributed by atoms with Crippen molar-refractivity contribution in [2.75, 3.05) is 6.54 Å². The van der Waals surface area contributed by atoms with E-state index >= 15 is 0 Å². The highest BCUT2D eigenvalue weighted by molar-refractivity contribution is 6.06. The Morgan fingerprint density at radius 3 is 2.60 bits per heavy atom. The summed E-state index contributed by atoms with van der Waals surface area (Å²) in [5.74, 6) is -0.891. The predicted molar refractivity (Wildman–Crippen MR) is 73.4 cm³/mol. The Bertz CT molecular complexity index is 447. The molecule has 3 amide bonds. The highest BCUT2D eigenvalue weighted by Gasteiger charge is 2.46. The minimum absolute atomic E-state index is 0.0488. The van der Waals surface area contributed by atoms with Gasteiger partial charge < -0.3 is 10.6 Å². The fourth-order valence-corrected chi connectivity index (χ4v) is 3.14. The first-order valence-electron chi connectivity index (χ1n) is 7.15. The van der Waals surface area contributed by atoms with Crippen molar-refractivity contribution in [3.05, 3.63) is 0 Å². The molecule has 2 aliphatic rings. The van der Waals surface area contributed by atoms with Crippen molar-refractivity contribution < 1.29 is 14.4 Å². The summed E-state index contributed by atoms with van der Waals surface area (Å²) in [6.07, 6.45) is 2.35. The summed E-state index contributed by atoms with van der Waals surface area (Å²) >= 11 is 0. The normalized spacial score (nSPS) is 33.8. The third-order valence-corrected chi connectivity index (χ3v) is 4.58. The number of imide groups is 1. The van der Waals surface area contributed by atoms with Crippen molar-refractivity contribution in [3.63, 3.8) is 0 Å². The second kappa shape index (κ2) is 5.16. The van der Waals surface area contributed by atoms with Gasteiger partial charge in [0.15, 0.2) is 0 Å². The summed E-state index contributed by atoms with van der Waals surface area (Å²) in [5.41, 5.74) is 4.94. The molecule has 1 aliphatic heterocycles. The van der Waals surface area contributed by atoms with Crippen LogP contribution >= 0.6 is 0 Å². The number of hydrogen-bond donors (Lipinski definition) is 2. The smallest absolute Gasteiger partial charge is 0.252 e. The molecule has 1 aliphatic carbocycles. The summed E-state index contributed by atoms with van der Waals surface area (Å²) in [4.78, 5) is 37.6. The number of nitrogens with one attached hydrogen (secondary N) is 1. The van der Waals surface area contributed by atoms with Crippen LogP contribution in [0.25, 0.3) is 0 Å². The quantitative estimate of drug-likeness (QED) is 0.662. The Morgan fingerprint density at radius 2 is 2.00 bits per heavy atom. The molecule has 3 unspecified atom stereocenters. The summed E-state index contributed by atoms with van der Waals surface area (Å²) in [5, 5.41) is 2.28. The van der Waals surface area contributed by atoms with Crippen LogP contribution in [0.3, 0.4) is 0 Å². The van der Waals surface area contributed by atoms with Crippen LogP contribution in [0.4, 0.5) is 0 Å². The molecule has 6 nitrogen and oxygen atoms in total. The summed E-state index contributed by atoms with van der Waals surface area (Å²) < 4.78 is 0. The van der Waals surface area contributed by atoms with Gasteiger partial charge >= 0.3 is 0 Å². The van der Waals surface area contributed by atoms with Gasteiger partial charge in [0.25, 0.3) is 5.91 Å². The Balaban J connectivity index is 2.18. The molecule has 1 saturated carbocycles. The van der Waals surface area contributed by atoms with Gasteiger partial charge in [-0.3, -0.25) is 19.7 Å². The fourth-order valence-electron chi connectivity index (χ4n) is 3.14. The number of hydrogen-bond acceptors (Lipinski definition) is 4. The molecule has 0 aromatic carbocycles. The maximum atomic E-state index is 12.7. The summed E-state index contributed by atoms with van der Waals surface area (Å²) in [6, 6.07) is 0.147. The first-order valence-corrected chi connectivity index (χ1v) is 7.15. The monoisotopic (exact) mass is 281 g/mol. The van der Waals surface area contributed by atoms with Gasteiger partial charge in [0.1, 0.15) is 12.1 Å². The summed E-state index contributed by atoms with van der Waals surface area (Å²) in [7, 11) is 0. The van der Waals surface area contributed by atoms with Crippen LogP contribution in [-0.2, 0) is 14.4 Å². The van der Waals surface area contributed by atoms with Crippen LogP contribution in [0.1, 0.15) is 40.0 Å². The number of carbonyl (C=O) groups excluding carboxylic acids is 3. The van der Waals surface area contributed by atoms with E-state index in [1.807, 2.05) is 6.92 Å². The Hall–Kier alpha value is -1.43. The second-order valence-corrected chi connectivity index (χ2v) is 6.52. The molecule has 1 saturated heterocycles. The molecule has 3 atom stereocenters. The third kappa shape index (κ3) is 2.57. The maximum Gasteiger partial charge on any atom is 0.252 e. The molecular weight excluding hydrogens is 258 g/mol. The van der Waals surface area contributed by atoms with E-state index in [0.717, 1.165) is 19.3 Å². The fraction of sp³-hybridized carbons (Fsp3) is 0.786. The van der Waals surface area contributed by atoms with Crippen molar-refractivity contribution >= 4 is 17.7 Å². The van der Waals surface area contributed by atoms with E-state index in [-0.39, 0.29) is 30.3 Å². The SMILES string of the molecule is CC1CC(N)CCC1C(=O)N1CC(=O)NC(=O)C1(C)C. The molecule has 1 heterocycles. The van der Waals surface area contributed by atoms with Crippen molar-refractivity contribution in [2.45, 2.75) is 51.6 Å². The Labute approximate surface area is 119 Å². The van der Waals surface area contributed by atoms with Crippen LogP contribution in [0.15, 0.2) is 0 Å². The zero-order valence-electron chi connectivity index (χ0n) is 12.3. The van der Waals surface area contributed by atoms with E-state index in [1.54, 1.807) is 13.8 Å². The lowest BCUT2D eigenvalue weighted by Crippen LogP contribution is -2.66. The highest BCUT2D eigenvalue weighted by Crippen LogP contribution is 2.33. The van der Waals surface area contributed by atoms with E-state index in [0.29, 0.717) is 0 Å². The van der Waals surface area contributed by atoms with Gasteiger partial charge in [-0.05, 0) is 39.0 Å². The summed E-state index contributed by atoms with van der Waals surface area (Å²) in [6.45, 7) is 5.31. The lowest BCUT2D eigenvalue weighted by molar-refractivity contribution is -0.159. The van der Waals surface area contributed by atoms with Crippen LogP contribution in [0.5, 0.6) is 0 Å². The first-order chi connectivity index (χ1) is 9.23. The number of nitrogens with zero attached hydrogens (tertiary/aromatic N) is 1. The minimum atomic E-state index is -0.982. The molecule has 3 N–H and O–H groups in total. The molecule has 2 rings (SSSR count). The van der Waals surface area contributed by atoms with Gasteiger partial charge in [0, 0.05) is 12.0 Å². The molecule has 0 bridgehead atoms. The molecule has 0 spiro atoms. The van der Waals surface area contributed by atoms with Crippen molar-refractivity contribution in [1.29, 1.82) is 0 Å². The van der Waals surface area contributed by atoms with Gasteiger partial charge in [-0.1, -0.05) is 6.92 Å². The number of carbonyl (C=O) groups is 3. The lowest BCUT2D eigenvalue weighted by atomic mass is 9.77. The van der Waals surface area contributed by atoms with Gasteiger partial charge in [-0.2, -0.15) is 0 Å². The maximum absolute atomic E-state index is 12.7. The topological polar surface area (TPSA) is 92.5 Å². The molecule has 6 heteroatoms. The minimum Gasteiger partial charge on any atom is -0.328 e. The van der Waals surface area contributed by atoms with Gasteiger partial charge in [-0.25, -0.2) is 0 Å². The number of amides is 3. The number of rotatable bonds is 1. The molecule has 0 aromatic heterocycles. The molecular formula is C14H23N3O3. The van der Waals surface area contributed by atoms with Crippen LogP contribution in [-0.4, -0.2) is 40.7 Å². The zero-order chi connectivity index (χ0) is 15.1. The molecule has 20 heavy (non-hydrogen) atoms. The highest BCUT2D eigenvalue weighted by atomic mass is 16.2. The predicted octanol–water partition coefficient (Wildman–Crippen LogP) is 0.0135. The van der Waals surface area contributed by atoms with E-state index < -0.39 is 17.4 Å². The molecule has 2 fully saturated rings. The van der Waals surface area contributed by atoms with Crippen molar-refractivity contribution in [1.82, 2.24) is 10.2 Å². The largest absolute Gasteiger partial charge is 0.328 e. The van der Waals surface area contributed by atoms with E-state index in [2.05, 4.69) is 5.32 Å². The molecule has 0 aromatic rings. The van der Waals surface area contributed by atoms with E-state index in [1.165, 1.54) is 4.90 Å². The van der Waals surface area contributed by atoms with E-state index in [9.17, 15) is 14.4 Å². The lowest BCUT2D eigenvalue weighted by Gasteiger charge is -2.43. The second-order valence-electron chi connectivity index (χ2n) is 6.52. The Kier molecular flexibility index (Phi) is 3.86. The van der Waals surface area contributed by atoms with Gasteiger partial charge in [-0.15, -0.1) is 0 Å². The Morgan fingerprint density at radius 1 is 1.35 bits per heavy atom. The third-order valence-electron chi connectivity index (χ3n) is 4.58. The number of nitrogens with two attached hydrogens (primary N) is 1. The van der Waals surface area contributed by atoms with Crippen molar-refractivity contribution in [2.24, 2.45) is 17.6 Å². The van der Waals surface area contributed by atoms with Gasteiger partial charge in [0.05, 0.1) is 0 Å². The average Bonchev–Trinajstić information content (AvgIpc) is 2.33. The van der Waals surface area contributed by atoms with Crippen LogP contribution in [0, 0.1) is 11.8 Å². The first kappa shape index (κ1) is 15.0. The van der Waals surface area contributed by atoms with Gasteiger partial charge in [0.2, 0.25) is 11.8 Å². The number of piperazine rings is 1. The average molecular weight is 281 g/mol. The molecule has 0 radical (unpaired) electrons. The standard InChI is InChI=1S/C14H23N3O3/c1-8-6-9(15)4-5-10(8)12(19)17-7-11(18)16-13(20)14(17,2)3/h8-10H,4-7,15H2,1-3H3,(H,16,18,20). The van der Waals surface area contributed by atoms with Crippen LogP contribution < -0.4 is 11.1 Å². The van der Waals surface area contributed by atoms with Crippen LogP contribution in [0.2, 0.25) is 0 Å². The zero-order valence-corrected chi connectivity index (χ0v) is 12.3. The van der Waals surface area contributed by atoms with E-state index in [4.69, 9.17) is 5.73 Å².